The lowest BCUT2D eigenvalue weighted by Crippen LogP contribution is -2.44. The number of aromatic nitrogens is 3. The maximum atomic E-state index is 4.92. The van der Waals surface area contributed by atoms with Crippen molar-refractivity contribution in [2.45, 2.75) is 46.5 Å². The quantitative estimate of drug-likeness (QED) is 0.943. The van der Waals surface area contributed by atoms with Crippen molar-refractivity contribution in [1.82, 2.24) is 19.9 Å². The Balaban J connectivity index is 2.13. The number of nitrogens with one attached hydrogen (secondary N) is 1. The fourth-order valence-corrected chi connectivity index (χ4v) is 3.36. The molecule has 0 saturated carbocycles. The lowest BCUT2D eigenvalue weighted by Gasteiger charge is -2.31. The summed E-state index contributed by atoms with van der Waals surface area (Å²) in [5.41, 5.74) is 4.52. The van der Waals surface area contributed by atoms with Crippen LogP contribution in [0.5, 0.6) is 0 Å². The van der Waals surface area contributed by atoms with Crippen LogP contribution in [-0.2, 0) is 0 Å². The number of anilines is 1. The summed E-state index contributed by atoms with van der Waals surface area (Å²) < 4.78 is 2.07. The summed E-state index contributed by atoms with van der Waals surface area (Å²) in [6, 6.07) is 2.18. The van der Waals surface area contributed by atoms with Crippen LogP contribution in [0.2, 0.25) is 0 Å². The number of fused-ring (bicyclic) bond motifs is 1. The van der Waals surface area contributed by atoms with E-state index in [2.05, 4.69) is 48.5 Å². The molecule has 0 unspecified atom stereocenters. The van der Waals surface area contributed by atoms with Crippen LogP contribution in [0.3, 0.4) is 0 Å². The Bertz CT molecular complexity index is 651. The van der Waals surface area contributed by atoms with Gasteiger partial charge in [0.25, 0.3) is 0 Å². The van der Waals surface area contributed by atoms with Gasteiger partial charge in [-0.05, 0) is 26.7 Å². The highest BCUT2D eigenvalue weighted by molar-refractivity contribution is 5.57. The molecule has 0 spiro atoms. The second kappa shape index (κ2) is 6.24. The molecule has 1 aliphatic rings. The Hall–Kier alpha value is -1.62. The highest BCUT2D eigenvalue weighted by Gasteiger charge is 2.21. The van der Waals surface area contributed by atoms with E-state index in [-0.39, 0.29) is 0 Å². The highest BCUT2D eigenvalue weighted by atomic mass is 15.4. The molecular weight excluding hydrogens is 274 g/mol. The molecule has 3 rings (SSSR count). The van der Waals surface area contributed by atoms with E-state index in [4.69, 9.17) is 10.1 Å². The van der Waals surface area contributed by atoms with Crippen LogP contribution >= 0.6 is 0 Å². The Morgan fingerprint density at radius 2 is 1.86 bits per heavy atom. The Labute approximate surface area is 132 Å². The van der Waals surface area contributed by atoms with Crippen molar-refractivity contribution in [3.8, 4) is 0 Å². The van der Waals surface area contributed by atoms with Crippen LogP contribution in [0.25, 0.3) is 5.65 Å². The van der Waals surface area contributed by atoms with Gasteiger partial charge in [0.2, 0.25) is 0 Å². The van der Waals surface area contributed by atoms with Crippen LogP contribution in [0, 0.1) is 13.8 Å². The normalized spacial score (nSPS) is 16.0. The second-order valence-electron chi connectivity index (χ2n) is 6.24. The Morgan fingerprint density at radius 1 is 1.18 bits per heavy atom. The molecule has 0 radical (unpaired) electrons. The van der Waals surface area contributed by atoms with Crippen molar-refractivity contribution in [3.05, 3.63) is 23.0 Å². The number of nitrogens with zero attached hydrogens (tertiary/aromatic N) is 4. The monoisotopic (exact) mass is 301 g/mol. The van der Waals surface area contributed by atoms with Gasteiger partial charge in [0.05, 0.1) is 5.69 Å². The molecule has 5 heteroatoms. The van der Waals surface area contributed by atoms with Crippen LogP contribution < -0.4 is 10.2 Å². The van der Waals surface area contributed by atoms with Crippen LogP contribution in [0.1, 0.15) is 49.6 Å². The van der Waals surface area contributed by atoms with Gasteiger partial charge in [-0.2, -0.15) is 9.61 Å². The van der Waals surface area contributed by atoms with Crippen LogP contribution in [0.15, 0.2) is 6.07 Å². The van der Waals surface area contributed by atoms with E-state index in [1.54, 1.807) is 0 Å². The Kier molecular flexibility index (Phi) is 4.34. The van der Waals surface area contributed by atoms with Gasteiger partial charge < -0.3 is 10.2 Å². The van der Waals surface area contributed by atoms with Crippen molar-refractivity contribution < 1.29 is 0 Å². The summed E-state index contributed by atoms with van der Waals surface area (Å²) >= 11 is 0. The molecule has 1 aliphatic heterocycles. The third-order valence-electron chi connectivity index (χ3n) is 4.89. The van der Waals surface area contributed by atoms with Gasteiger partial charge in [-0.3, -0.25) is 0 Å². The topological polar surface area (TPSA) is 45.5 Å². The zero-order valence-electron chi connectivity index (χ0n) is 14.2. The number of rotatable bonds is 4. The predicted octanol–water partition coefficient (Wildman–Crippen LogP) is 2.66. The van der Waals surface area contributed by atoms with E-state index in [0.717, 1.165) is 50.4 Å². The number of hydrogen-bond acceptors (Lipinski definition) is 4. The molecule has 120 valence electrons. The molecule has 0 amide bonds. The average Bonchev–Trinajstić information content (AvgIpc) is 2.93. The van der Waals surface area contributed by atoms with E-state index in [1.165, 1.54) is 17.1 Å². The minimum Gasteiger partial charge on any atom is -0.354 e. The zero-order valence-corrected chi connectivity index (χ0v) is 14.2. The van der Waals surface area contributed by atoms with Gasteiger partial charge in [-0.25, -0.2) is 4.98 Å². The first-order valence-corrected chi connectivity index (χ1v) is 8.48. The largest absolute Gasteiger partial charge is 0.354 e. The minimum absolute atomic E-state index is 0.526. The van der Waals surface area contributed by atoms with Crippen molar-refractivity contribution >= 4 is 11.5 Å². The van der Waals surface area contributed by atoms with Crippen LogP contribution in [-0.4, -0.2) is 40.8 Å². The fourth-order valence-electron chi connectivity index (χ4n) is 3.36. The van der Waals surface area contributed by atoms with E-state index in [0.29, 0.717) is 5.92 Å². The third-order valence-corrected chi connectivity index (χ3v) is 4.89. The van der Waals surface area contributed by atoms with Gasteiger partial charge in [-0.1, -0.05) is 13.8 Å². The van der Waals surface area contributed by atoms with Crippen molar-refractivity contribution in [3.63, 3.8) is 0 Å². The molecule has 0 bridgehead atoms. The second-order valence-corrected chi connectivity index (χ2v) is 6.24. The van der Waals surface area contributed by atoms with Crippen LogP contribution in [0.4, 0.5) is 5.82 Å². The number of aryl methyl sites for hydroxylation is 1. The van der Waals surface area contributed by atoms with Gasteiger partial charge in [-0.15, -0.1) is 0 Å². The number of piperazine rings is 1. The van der Waals surface area contributed by atoms with Gasteiger partial charge in [0.1, 0.15) is 5.82 Å². The standard InChI is InChI=1S/C17H27N5/c1-5-14(6-2)15-11-16-19-13(4)12(3)17(22(16)20-15)21-9-7-18-8-10-21/h11,14,18H,5-10H2,1-4H3. The smallest absolute Gasteiger partial charge is 0.157 e. The first-order chi connectivity index (χ1) is 10.7. The molecular formula is C17H27N5. The third kappa shape index (κ3) is 2.58. The van der Waals surface area contributed by atoms with Crippen molar-refractivity contribution in [1.29, 1.82) is 0 Å². The molecule has 2 aromatic heterocycles. The van der Waals surface area contributed by atoms with E-state index < -0.39 is 0 Å². The molecule has 3 heterocycles. The summed E-state index contributed by atoms with van der Waals surface area (Å²) in [7, 11) is 0. The Morgan fingerprint density at radius 3 is 2.50 bits per heavy atom. The van der Waals surface area contributed by atoms with Gasteiger partial charge >= 0.3 is 0 Å². The summed E-state index contributed by atoms with van der Waals surface area (Å²) in [5.74, 6) is 1.75. The van der Waals surface area contributed by atoms with Crippen molar-refractivity contribution in [2.24, 2.45) is 0 Å². The molecule has 0 aromatic carbocycles. The lowest BCUT2D eigenvalue weighted by atomic mass is 10.00. The first kappa shape index (κ1) is 15.3. The van der Waals surface area contributed by atoms with Crippen molar-refractivity contribution in [2.75, 3.05) is 31.1 Å². The van der Waals surface area contributed by atoms with E-state index in [9.17, 15) is 0 Å². The maximum absolute atomic E-state index is 4.92. The molecule has 0 atom stereocenters. The molecule has 1 fully saturated rings. The van der Waals surface area contributed by atoms with E-state index >= 15 is 0 Å². The summed E-state index contributed by atoms with van der Waals surface area (Å²) in [4.78, 5) is 7.20. The maximum Gasteiger partial charge on any atom is 0.157 e. The summed E-state index contributed by atoms with van der Waals surface area (Å²) in [5, 5.41) is 8.35. The molecule has 0 aliphatic carbocycles. The average molecular weight is 301 g/mol. The van der Waals surface area contributed by atoms with E-state index in [1.807, 2.05) is 0 Å². The highest BCUT2D eigenvalue weighted by Crippen LogP contribution is 2.28. The molecule has 22 heavy (non-hydrogen) atoms. The fraction of sp³-hybridized carbons (Fsp3) is 0.647. The SMILES string of the molecule is CCC(CC)c1cc2nc(C)c(C)c(N3CCNCC3)n2n1. The lowest BCUT2D eigenvalue weighted by molar-refractivity contribution is 0.574. The summed E-state index contributed by atoms with van der Waals surface area (Å²) in [6.45, 7) is 12.9. The zero-order chi connectivity index (χ0) is 15.7. The minimum atomic E-state index is 0.526. The van der Waals surface area contributed by atoms with Gasteiger partial charge in [0, 0.05) is 49.4 Å². The first-order valence-electron chi connectivity index (χ1n) is 8.48. The predicted molar refractivity (Wildman–Crippen MR) is 90.9 cm³/mol. The summed E-state index contributed by atoms with van der Waals surface area (Å²) in [6.07, 6.45) is 2.25. The number of hydrogen-bond donors (Lipinski definition) is 1. The molecule has 5 nitrogen and oxygen atoms in total. The molecule has 1 saturated heterocycles. The molecule has 1 N–H and O–H groups in total. The molecule has 2 aromatic rings. The van der Waals surface area contributed by atoms with Gasteiger partial charge in [0.15, 0.2) is 5.65 Å².